The van der Waals surface area contributed by atoms with Gasteiger partial charge in [0, 0.05) is 23.8 Å². The summed E-state index contributed by atoms with van der Waals surface area (Å²) in [5.41, 5.74) is 1.81. The minimum absolute atomic E-state index is 0.00734. The van der Waals surface area contributed by atoms with Crippen LogP contribution in [-0.4, -0.2) is 18.5 Å². The molecule has 1 aromatic rings. The van der Waals surface area contributed by atoms with Crippen molar-refractivity contribution >= 4 is 11.6 Å². The highest BCUT2D eigenvalue weighted by Gasteiger charge is 2.07. The van der Waals surface area contributed by atoms with E-state index in [1.807, 2.05) is 31.2 Å². The molecular formula is C16H26N2O. The number of nitrogens with one attached hydrogen (secondary N) is 2. The van der Waals surface area contributed by atoms with Crippen molar-refractivity contribution < 1.29 is 4.79 Å². The second-order valence-corrected chi connectivity index (χ2v) is 4.83. The van der Waals surface area contributed by atoms with Crippen molar-refractivity contribution in [2.45, 2.75) is 52.5 Å². The molecule has 1 amide bonds. The summed E-state index contributed by atoms with van der Waals surface area (Å²) in [5.74, 6) is -0.00734. The number of carbonyl (C=O) groups is 1. The molecule has 0 aliphatic carbocycles. The fourth-order valence-electron chi connectivity index (χ4n) is 2.05. The Kier molecular flexibility index (Phi) is 7.01. The van der Waals surface area contributed by atoms with E-state index < -0.39 is 0 Å². The van der Waals surface area contributed by atoms with Gasteiger partial charge in [-0.25, -0.2) is 0 Å². The molecule has 19 heavy (non-hydrogen) atoms. The first-order valence-electron chi connectivity index (χ1n) is 7.36. The first-order valence-corrected chi connectivity index (χ1v) is 7.36. The summed E-state index contributed by atoms with van der Waals surface area (Å²) in [7, 11) is 0. The molecule has 1 rings (SSSR count). The van der Waals surface area contributed by atoms with E-state index in [9.17, 15) is 4.79 Å². The lowest BCUT2D eigenvalue weighted by molar-refractivity contribution is 0.0956. The van der Waals surface area contributed by atoms with Crippen LogP contribution in [0.4, 0.5) is 5.69 Å². The van der Waals surface area contributed by atoms with Gasteiger partial charge < -0.3 is 10.6 Å². The first kappa shape index (κ1) is 15.5. The van der Waals surface area contributed by atoms with Gasteiger partial charge in [0.1, 0.15) is 0 Å². The van der Waals surface area contributed by atoms with E-state index >= 15 is 0 Å². The Bertz CT molecular complexity index is 373. The van der Waals surface area contributed by atoms with Crippen molar-refractivity contribution in [2.75, 3.05) is 11.9 Å². The number of amides is 1. The Hall–Kier alpha value is -1.51. The third-order valence-electron chi connectivity index (χ3n) is 3.25. The van der Waals surface area contributed by atoms with E-state index in [4.69, 9.17) is 0 Å². The molecule has 0 aliphatic heterocycles. The molecule has 2 N–H and O–H groups in total. The fraction of sp³-hybridized carbons (Fsp3) is 0.562. The standard InChI is InChI=1S/C16H26N2O/c1-4-7-8-14(5-2)18-15-11-9-13(10-12-15)16(19)17-6-3/h9-12,14,18H,4-8H2,1-3H3,(H,17,19). The maximum atomic E-state index is 11.6. The third-order valence-corrected chi connectivity index (χ3v) is 3.25. The third kappa shape index (κ3) is 5.33. The molecule has 0 radical (unpaired) electrons. The monoisotopic (exact) mass is 262 g/mol. The van der Waals surface area contributed by atoms with Crippen molar-refractivity contribution in [2.24, 2.45) is 0 Å². The molecule has 0 aromatic heterocycles. The Morgan fingerprint density at radius 1 is 1.16 bits per heavy atom. The highest BCUT2D eigenvalue weighted by Crippen LogP contribution is 2.15. The lowest BCUT2D eigenvalue weighted by Crippen LogP contribution is -2.22. The van der Waals surface area contributed by atoms with E-state index in [1.165, 1.54) is 19.3 Å². The van der Waals surface area contributed by atoms with Gasteiger partial charge in [-0.3, -0.25) is 4.79 Å². The van der Waals surface area contributed by atoms with Gasteiger partial charge in [-0.1, -0.05) is 26.7 Å². The summed E-state index contributed by atoms with van der Waals surface area (Å²) in [6.45, 7) is 7.01. The molecule has 3 heteroatoms. The van der Waals surface area contributed by atoms with Crippen molar-refractivity contribution in [1.29, 1.82) is 0 Å². The van der Waals surface area contributed by atoms with Crippen molar-refractivity contribution in [3.8, 4) is 0 Å². The maximum Gasteiger partial charge on any atom is 0.251 e. The van der Waals surface area contributed by atoms with E-state index in [0.717, 1.165) is 12.1 Å². The molecular weight excluding hydrogens is 236 g/mol. The summed E-state index contributed by atoms with van der Waals surface area (Å²) in [6.07, 6.45) is 4.81. The molecule has 0 bridgehead atoms. The van der Waals surface area contributed by atoms with Crippen molar-refractivity contribution in [1.82, 2.24) is 5.32 Å². The van der Waals surface area contributed by atoms with Crippen LogP contribution in [0, 0.1) is 0 Å². The lowest BCUT2D eigenvalue weighted by Gasteiger charge is -2.18. The van der Waals surface area contributed by atoms with Crippen LogP contribution in [0.2, 0.25) is 0 Å². The molecule has 0 aliphatic rings. The van der Waals surface area contributed by atoms with Gasteiger partial charge in [0.25, 0.3) is 5.91 Å². The molecule has 3 nitrogen and oxygen atoms in total. The zero-order valence-electron chi connectivity index (χ0n) is 12.3. The number of carbonyl (C=O) groups excluding carboxylic acids is 1. The Balaban J connectivity index is 2.57. The number of benzene rings is 1. The van der Waals surface area contributed by atoms with Crippen molar-refractivity contribution in [3.05, 3.63) is 29.8 Å². The predicted octanol–water partition coefficient (Wildman–Crippen LogP) is 3.82. The van der Waals surface area contributed by atoms with Crippen LogP contribution in [0.25, 0.3) is 0 Å². The summed E-state index contributed by atoms with van der Waals surface area (Å²) >= 11 is 0. The van der Waals surface area contributed by atoms with Gasteiger partial charge >= 0.3 is 0 Å². The first-order chi connectivity index (χ1) is 9.21. The average Bonchev–Trinajstić information content (AvgIpc) is 2.44. The molecule has 0 saturated carbocycles. The molecule has 1 aromatic carbocycles. The fourth-order valence-corrected chi connectivity index (χ4v) is 2.05. The number of rotatable bonds is 8. The van der Waals surface area contributed by atoms with Gasteiger partial charge in [0.2, 0.25) is 0 Å². The summed E-state index contributed by atoms with van der Waals surface area (Å²) in [4.78, 5) is 11.6. The predicted molar refractivity (Wildman–Crippen MR) is 81.7 cm³/mol. The molecule has 0 saturated heterocycles. The summed E-state index contributed by atoms with van der Waals surface area (Å²) in [6, 6.07) is 8.24. The molecule has 1 atom stereocenters. The summed E-state index contributed by atoms with van der Waals surface area (Å²) < 4.78 is 0. The summed E-state index contributed by atoms with van der Waals surface area (Å²) in [5, 5.41) is 6.33. The van der Waals surface area contributed by atoms with Gasteiger partial charge in [0.05, 0.1) is 0 Å². The van der Waals surface area contributed by atoms with Gasteiger partial charge in [0.15, 0.2) is 0 Å². The molecule has 0 fully saturated rings. The van der Waals surface area contributed by atoms with Gasteiger partial charge in [-0.15, -0.1) is 0 Å². The second-order valence-electron chi connectivity index (χ2n) is 4.83. The van der Waals surface area contributed by atoms with Crippen LogP contribution in [-0.2, 0) is 0 Å². The number of unbranched alkanes of at least 4 members (excludes halogenated alkanes) is 1. The normalized spacial score (nSPS) is 11.9. The van der Waals surface area contributed by atoms with E-state index in [0.29, 0.717) is 18.2 Å². The van der Waals surface area contributed by atoms with Gasteiger partial charge in [-0.05, 0) is 44.0 Å². The largest absolute Gasteiger partial charge is 0.382 e. The van der Waals surface area contributed by atoms with Gasteiger partial charge in [-0.2, -0.15) is 0 Å². The average molecular weight is 262 g/mol. The zero-order valence-corrected chi connectivity index (χ0v) is 12.3. The van der Waals surface area contributed by atoms with E-state index in [1.54, 1.807) is 0 Å². The topological polar surface area (TPSA) is 41.1 Å². The highest BCUT2D eigenvalue weighted by molar-refractivity contribution is 5.94. The smallest absolute Gasteiger partial charge is 0.251 e. The van der Waals surface area contributed by atoms with Crippen LogP contribution < -0.4 is 10.6 Å². The number of hydrogen-bond acceptors (Lipinski definition) is 2. The molecule has 106 valence electrons. The van der Waals surface area contributed by atoms with Crippen LogP contribution in [0.15, 0.2) is 24.3 Å². The minimum Gasteiger partial charge on any atom is -0.382 e. The van der Waals surface area contributed by atoms with Crippen LogP contribution >= 0.6 is 0 Å². The Morgan fingerprint density at radius 3 is 2.37 bits per heavy atom. The van der Waals surface area contributed by atoms with E-state index in [-0.39, 0.29) is 5.91 Å². The zero-order chi connectivity index (χ0) is 14.1. The Labute approximate surface area is 116 Å². The number of anilines is 1. The van der Waals surface area contributed by atoms with Crippen molar-refractivity contribution in [3.63, 3.8) is 0 Å². The number of hydrogen-bond donors (Lipinski definition) is 2. The van der Waals surface area contributed by atoms with Crippen LogP contribution in [0.1, 0.15) is 56.8 Å². The Morgan fingerprint density at radius 2 is 1.84 bits per heavy atom. The second kappa shape index (κ2) is 8.57. The lowest BCUT2D eigenvalue weighted by atomic mass is 10.1. The molecule has 0 spiro atoms. The maximum absolute atomic E-state index is 11.6. The van der Waals surface area contributed by atoms with Crippen LogP contribution in [0.5, 0.6) is 0 Å². The SMILES string of the molecule is CCCCC(CC)Nc1ccc(C(=O)NCC)cc1. The quantitative estimate of drug-likeness (QED) is 0.748. The highest BCUT2D eigenvalue weighted by atomic mass is 16.1. The molecule has 1 unspecified atom stereocenters. The van der Waals surface area contributed by atoms with E-state index in [2.05, 4.69) is 24.5 Å². The van der Waals surface area contributed by atoms with Crippen LogP contribution in [0.3, 0.4) is 0 Å². The molecule has 0 heterocycles. The minimum atomic E-state index is -0.00734.